The van der Waals surface area contributed by atoms with Crippen molar-refractivity contribution in [1.82, 2.24) is 15.5 Å². The van der Waals surface area contributed by atoms with Gasteiger partial charge >= 0.3 is 0 Å². The average Bonchev–Trinajstić information content (AvgIpc) is 2.52. The van der Waals surface area contributed by atoms with Gasteiger partial charge in [-0.25, -0.2) is 4.99 Å². The largest absolute Gasteiger partial charge is 0.354 e. The lowest BCUT2D eigenvalue weighted by atomic mass is 10.3. The number of nitriles is 1. The summed E-state index contributed by atoms with van der Waals surface area (Å²) in [5, 5.41) is 24.9. The number of nitro benzene ring substituents is 1. The first-order chi connectivity index (χ1) is 10.6. The number of likely N-dealkylation sites (N-methyl/N-ethyl adjacent to an activating group) is 1. The van der Waals surface area contributed by atoms with E-state index in [9.17, 15) is 10.1 Å². The number of non-ortho nitro benzene ring substituents is 1. The third-order valence-corrected chi connectivity index (χ3v) is 3.09. The molecule has 0 heterocycles. The molecule has 118 valence electrons. The van der Waals surface area contributed by atoms with Crippen LogP contribution in [0.3, 0.4) is 0 Å². The van der Waals surface area contributed by atoms with Gasteiger partial charge in [0.05, 0.1) is 10.6 Å². The highest BCUT2D eigenvalue weighted by atomic mass is 16.6. The Morgan fingerprint density at radius 1 is 1.36 bits per heavy atom. The molecule has 0 fully saturated rings. The summed E-state index contributed by atoms with van der Waals surface area (Å²) in [4.78, 5) is 16.6. The second-order valence-corrected chi connectivity index (χ2v) is 4.42. The van der Waals surface area contributed by atoms with Crippen LogP contribution in [0.2, 0.25) is 0 Å². The molecule has 1 aromatic rings. The number of rotatable bonds is 7. The van der Waals surface area contributed by atoms with Crippen LogP contribution in [0.25, 0.3) is 0 Å². The van der Waals surface area contributed by atoms with E-state index in [2.05, 4.69) is 34.4 Å². The van der Waals surface area contributed by atoms with E-state index in [0.29, 0.717) is 18.2 Å². The Morgan fingerprint density at radius 2 is 2.00 bits per heavy atom. The Hall–Kier alpha value is -2.66. The molecule has 0 unspecified atom stereocenters. The quantitative estimate of drug-likeness (QED) is 0.198. The minimum Gasteiger partial charge on any atom is -0.354 e. The van der Waals surface area contributed by atoms with Crippen molar-refractivity contribution >= 4 is 17.3 Å². The third-order valence-electron chi connectivity index (χ3n) is 3.09. The summed E-state index contributed by atoms with van der Waals surface area (Å²) in [7, 11) is 0. The normalized spacial score (nSPS) is 11.1. The van der Waals surface area contributed by atoms with Crippen molar-refractivity contribution in [2.75, 3.05) is 26.2 Å². The Bertz CT molecular complexity index is 545. The lowest BCUT2D eigenvalue weighted by molar-refractivity contribution is -0.384. The van der Waals surface area contributed by atoms with E-state index >= 15 is 0 Å². The highest BCUT2D eigenvalue weighted by Crippen LogP contribution is 2.17. The zero-order valence-electron chi connectivity index (χ0n) is 12.7. The number of guanidine groups is 1. The molecular formula is C14H20N6O2. The van der Waals surface area contributed by atoms with Crippen LogP contribution in [0.4, 0.5) is 11.4 Å². The highest BCUT2D eigenvalue weighted by molar-refractivity contribution is 5.83. The zero-order valence-corrected chi connectivity index (χ0v) is 12.7. The molecule has 0 aromatic heterocycles. The first-order valence-electron chi connectivity index (χ1n) is 7.05. The molecule has 2 N–H and O–H groups in total. The van der Waals surface area contributed by atoms with Crippen molar-refractivity contribution < 1.29 is 4.92 Å². The van der Waals surface area contributed by atoms with Crippen LogP contribution in [0, 0.1) is 21.6 Å². The molecule has 22 heavy (non-hydrogen) atoms. The average molecular weight is 304 g/mol. The zero-order chi connectivity index (χ0) is 16.4. The summed E-state index contributed by atoms with van der Waals surface area (Å²) in [5.41, 5.74) is 0.530. The van der Waals surface area contributed by atoms with Gasteiger partial charge in [0.15, 0.2) is 6.19 Å². The minimum absolute atomic E-state index is 0.00300. The van der Waals surface area contributed by atoms with E-state index in [1.54, 1.807) is 0 Å². The molecule has 0 aliphatic rings. The second-order valence-electron chi connectivity index (χ2n) is 4.42. The maximum absolute atomic E-state index is 10.6. The number of benzene rings is 1. The number of nitrogens with one attached hydrogen (secondary N) is 2. The fraction of sp³-hybridized carbons (Fsp3) is 0.429. The summed E-state index contributed by atoms with van der Waals surface area (Å²) in [6, 6.07) is 5.81. The Labute approximate surface area is 129 Å². The van der Waals surface area contributed by atoms with Crippen molar-refractivity contribution in [3.63, 3.8) is 0 Å². The molecule has 0 saturated carbocycles. The number of nitro groups is 1. The third kappa shape index (κ3) is 5.76. The maximum Gasteiger partial charge on any atom is 0.269 e. The molecule has 1 aromatic carbocycles. The molecule has 0 aliphatic heterocycles. The fourth-order valence-corrected chi connectivity index (χ4v) is 1.81. The Kier molecular flexibility index (Phi) is 7.36. The van der Waals surface area contributed by atoms with E-state index in [0.717, 1.165) is 19.6 Å². The van der Waals surface area contributed by atoms with Crippen molar-refractivity contribution in [3.05, 3.63) is 34.4 Å². The second kappa shape index (κ2) is 9.31. The summed E-state index contributed by atoms with van der Waals surface area (Å²) < 4.78 is 0. The van der Waals surface area contributed by atoms with Crippen molar-refractivity contribution in [2.24, 2.45) is 4.99 Å². The number of hydrogen-bond acceptors (Lipinski definition) is 5. The van der Waals surface area contributed by atoms with E-state index in [1.807, 2.05) is 6.19 Å². The Morgan fingerprint density at radius 3 is 2.50 bits per heavy atom. The molecule has 1 rings (SSSR count). The lowest BCUT2D eigenvalue weighted by Crippen LogP contribution is -2.39. The predicted molar refractivity (Wildman–Crippen MR) is 84.7 cm³/mol. The van der Waals surface area contributed by atoms with Crippen molar-refractivity contribution in [2.45, 2.75) is 13.8 Å². The van der Waals surface area contributed by atoms with Gasteiger partial charge in [-0.1, -0.05) is 13.8 Å². The van der Waals surface area contributed by atoms with Gasteiger partial charge in [-0.05, 0) is 25.2 Å². The van der Waals surface area contributed by atoms with Crippen molar-refractivity contribution in [3.8, 4) is 6.19 Å². The Balaban J connectivity index is 2.69. The molecule has 8 nitrogen and oxygen atoms in total. The van der Waals surface area contributed by atoms with Gasteiger partial charge in [0, 0.05) is 25.2 Å². The van der Waals surface area contributed by atoms with Gasteiger partial charge in [0.2, 0.25) is 5.96 Å². The molecule has 0 amide bonds. The smallest absolute Gasteiger partial charge is 0.269 e. The van der Waals surface area contributed by atoms with Crippen LogP contribution >= 0.6 is 0 Å². The van der Waals surface area contributed by atoms with E-state index in [-0.39, 0.29) is 5.69 Å². The number of nitrogens with zero attached hydrogens (tertiary/aromatic N) is 4. The SMILES string of the molecule is CCN(CC)CCNC(=Nc1ccc([N+](=O)[O-])cc1)NC#N. The van der Waals surface area contributed by atoms with E-state index in [1.165, 1.54) is 24.3 Å². The van der Waals surface area contributed by atoms with E-state index in [4.69, 9.17) is 5.26 Å². The standard InChI is InChI=1S/C14H20N6O2/c1-3-19(4-2)10-9-16-14(17-11-15)18-12-5-7-13(8-6-12)20(21)22/h5-8H,3-4,9-10H2,1-2H3,(H2,16,17,18). The minimum atomic E-state index is -0.468. The number of hydrogen-bond donors (Lipinski definition) is 2. The molecule has 0 radical (unpaired) electrons. The maximum atomic E-state index is 10.6. The summed E-state index contributed by atoms with van der Waals surface area (Å²) in [5.74, 6) is 0.323. The number of aliphatic imine (C=N–C) groups is 1. The molecule has 0 saturated heterocycles. The van der Waals surface area contributed by atoms with Crippen LogP contribution < -0.4 is 10.6 Å². The molecule has 0 atom stereocenters. The van der Waals surface area contributed by atoms with E-state index < -0.39 is 4.92 Å². The lowest BCUT2D eigenvalue weighted by Gasteiger charge is -2.18. The topological polar surface area (TPSA) is 107 Å². The predicted octanol–water partition coefficient (Wildman–Crippen LogP) is 1.58. The molecule has 0 aliphatic carbocycles. The molecule has 0 spiro atoms. The van der Waals surface area contributed by atoms with Crippen LogP contribution in [-0.4, -0.2) is 42.0 Å². The van der Waals surface area contributed by atoms with Crippen LogP contribution in [-0.2, 0) is 0 Å². The van der Waals surface area contributed by atoms with Crippen LogP contribution in [0.5, 0.6) is 0 Å². The van der Waals surface area contributed by atoms with Gasteiger partial charge in [-0.15, -0.1) is 0 Å². The van der Waals surface area contributed by atoms with Gasteiger partial charge in [0.25, 0.3) is 5.69 Å². The fourth-order valence-electron chi connectivity index (χ4n) is 1.81. The first kappa shape index (κ1) is 17.4. The van der Waals surface area contributed by atoms with Crippen molar-refractivity contribution in [1.29, 1.82) is 5.26 Å². The first-order valence-corrected chi connectivity index (χ1v) is 7.05. The monoisotopic (exact) mass is 304 g/mol. The van der Waals surface area contributed by atoms with Gasteiger partial charge in [0.1, 0.15) is 0 Å². The molecule has 0 bridgehead atoms. The molecular weight excluding hydrogens is 284 g/mol. The summed E-state index contributed by atoms with van der Waals surface area (Å²) in [6.45, 7) is 7.56. The van der Waals surface area contributed by atoms with Crippen LogP contribution in [0.15, 0.2) is 29.3 Å². The van der Waals surface area contributed by atoms with Gasteiger partial charge in [-0.2, -0.15) is 5.26 Å². The summed E-state index contributed by atoms with van der Waals surface area (Å²) >= 11 is 0. The van der Waals surface area contributed by atoms with Gasteiger partial charge in [-0.3, -0.25) is 15.4 Å². The molecule has 8 heteroatoms. The van der Waals surface area contributed by atoms with Gasteiger partial charge < -0.3 is 10.2 Å². The summed E-state index contributed by atoms with van der Waals surface area (Å²) in [6.07, 6.45) is 1.82. The van der Waals surface area contributed by atoms with Crippen LogP contribution in [0.1, 0.15) is 13.8 Å². The highest BCUT2D eigenvalue weighted by Gasteiger charge is 2.05.